The second-order valence-corrected chi connectivity index (χ2v) is 13.7. The Hall–Kier alpha value is -7.18. The van der Waals surface area contributed by atoms with Crippen LogP contribution in [0.3, 0.4) is 0 Å². The van der Waals surface area contributed by atoms with Crippen molar-refractivity contribution in [3.05, 3.63) is 133 Å². The topological polar surface area (TPSA) is 149 Å². The van der Waals surface area contributed by atoms with Crippen molar-refractivity contribution in [1.29, 1.82) is 10.5 Å². The molecule has 0 aliphatic carbocycles. The van der Waals surface area contributed by atoms with Crippen molar-refractivity contribution in [3.8, 4) is 35.2 Å². The highest BCUT2D eigenvalue weighted by Gasteiger charge is 2.16. The fourth-order valence-corrected chi connectivity index (χ4v) is 5.68. The molecular formula is C41H36N12. The van der Waals surface area contributed by atoms with E-state index >= 15 is 0 Å². The van der Waals surface area contributed by atoms with Gasteiger partial charge in [-0.2, -0.15) is 10.5 Å². The summed E-state index contributed by atoms with van der Waals surface area (Å²) in [4.78, 5) is 29.6. The van der Waals surface area contributed by atoms with Crippen LogP contribution in [0.15, 0.2) is 116 Å². The zero-order chi connectivity index (χ0) is 37.0. The Labute approximate surface area is 306 Å². The van der Waals surface area contributed by atoms with Crippen molar-refractivity contribution in [2.75, 3.05) is 23.8 Å². The Balaban J connectivity index is 0.000000164. The summed E-state index contributed by atoms with van der Waals surface area (Å²) in [6.07, 6.45) is 8.83. The molecule has 6 aromatic heterocycles. The lowest BCUT2D eigenvalue weighted by atomic mass is 9.97. The van der Waals surface area contributed by atoms with Crippen LogP contribution in [0.25, 0.3) is 45.2 Å². The molecule has 2 aromatic carbocycles. The highest BCUT2D eigenvalue weighted by molar-refractivity contribution is 5.90. The van der Waals surface area contributed by atoms with Gasteiger partial charge in [-0.3, -0.25) is 4.40 Å². The third-order valence-electron chi connectivity index (χ3n) is 8.36. The molecule has 260 valence electrons. The van der Waals surface area contributed by atoms with Gasteiger partial charge >= 0.3 is 0 Å². The van der Waals surface area contributed by atoms with Crippen molar-refractivity contribution < 1.29 is 0 Å². The summed E-state index contributed by atoms with van der Waals surface area (Å²) < 4.78 is 3.67. The van der Waals surface area contributed by atoms with E-state index in [2.05, 4.69) is 75.2 Å². The highest BCUT2D eigenvalue weighted by Crippen LogP contribution is 2.26. The number of fused-ring (bicyclic) bond motifs is 3. The fraction of sp³-hybridized carbons (Fsp3) is 0.171. The summed E-state index contributed by atoms with van der Waals surface area (Å²) in [5.41, 5.74) is 6.30. The van der Waals surface area contributed by atoms with Gasteiger partial charge in [-0.15, -0.1) is 0 Å². The van der Waals surface area contributed by atoms with Crippen molar-refractivity contribution in [2.24, 2.45) is 5.41 Å². The second-order valence-electron chi connectivity index (χ2n) is 13.7. The molecule has 12 nitrogen and oxygen atoms in total. The van der Waals surface area contributed by atoms with E-state index in [-0.39, 0.29) is 5.41 Å². The molecule has 0 atom stereocenters. The van der Waals surface area contributed by atoms with Gasteiger partial charge in [-0.25, -0.2) is 29.9 Å². The SMILES string of the molecule is CC(C)(C)CNc1nc(-c2cn3cc(C#N)ccc3n2)nc2ccccc12.CN(Cc1ccccc1)c1ccnc(-c2cnc3ccc(C#N)cn23)n1. The summed E-state index contributed by atoms with van der Waals surface area (Å²) in [6, 6.07) is 31.5. The second kappa shape index (κ2) is 14.6. The maximum absolute atomic E-state index is 9.13. The van der Waals surface area contributed by atoms with Crippen LogP contribution in [0.4, 0.5) is 11.6 Å². The van der Waals surface area contributed by atoms with Crippen molar-refractivity contribution in [3.63, 3.8) is 0 Å². The van der Waals surface area contributed by atoms with Gasteiger partial charge in [0.15, 0.2) is 11.6 Å². The van der Waals surface area contributed by atoms with Gasteiger partial charge in [0.1, 0.15) is 46.5 Å². The van der Waals surface area contributed by atoms with Crippen LogP contribution in [0, 0.1) is 28.1 Å². The third-order valence-corrected chi connectivity index (χ3v) is 8.36. The van der Waals surface area contributed by atoms with E-state index in [4.69, 9.17) is 20.5 Å². The number of nitrogens with zero attached hydrogens (tertiary/aromatic N) is 11. The Bertz CT molecular complexity index is 2640. The number of hydrogen-bond acceptors (Lipinski definition) is 10. The molecule has 8 aromatic rings. The third kappa shape index (κ3) is 7.77. The maximum Gasteiger partial charge on any atom is 0.182 e. The molecule has 0 amide bonds. The summed E-state index contributed by atoms with van der Waals surface area (Å²) in [6.45, 7) is 8.09. The standard InChI is InChI=1S/C21H20N6.C20H16N6/c1-21(2,3)13-23-19-15-6-4-5-7-16(15)25-20(26-19)17-12-27-11-14(10-22)8-9-18(27)24-17;1-25(13-15-5-3-2-4-6-15)19-9-10-22-20(24-19)17-12-23-18-8-7-16(11-21)14-26(17)18/h4-9,11-12H,13H2,1-3H3,(H,23,25,26);2-10,12,14H,13H2,1H3. The fourth-order valence-electron chi connectivity index (χ4n) is 5.68. The van der Waals surface area contributed by atoms with E-state index in [1.165, 1.54) is 5.56 Å². The molecule has 0 saturated heterocycles. The van der Waals surface area contributed by atoms with Crippen LogP contribution in [0.2, 0.25) is 0 Å². The van der Waals surface area contributed by atoms with E-state index in [9.17, 15) is 0 Å². The zero-order valence-corrected chi connectivity index (χ0v) is 29.8. The van der Waals surface area contributed by atoms with Crippen molar-refractivity contribution in [2.45, 2.75) is 27.3 Å². The van der Waals surface area contributed by atoms with Crippen molar-refractivity contribution >= 4 is 33.8 Å². The lowest BCUT2D eigenvalue weighted by molar-refractivity contribution is 0.442. The smallest absolute Gasteiger partial charge is 0.182 e. The van der Waals surface area contributed by atoms with Gasteiger partial charge < -0.3 is 14.6 Å². The van der Waals surface area contributed by atoms with Gasteiger partial charge in [-0.1, -0.05) is 63.2 Å². The first-order chi connectivity index (χ1) is 25.7. The first kappa shape index (κ1) is 34.3. The number of hydrogen-bond donors (Lipinski definition) is 1. The van der Waals surface area contributed by atoms with E-state index in [0.717, 1.165) is 52.6 Å². The molecule has 12 heteroatoms. The summed E-state index contributed by atoms with van der Waals surface area (Å²) >= 11 is 0. The summed E-state index contributed by atoms with van der Waals surface area (Å²) in [7, 11) is 2.00. The maximum atomic E-state index is 9.13. The zero-order valence-electron chi connectivity index (χ0n) is 29.8. The Kier molecular flexibility index (Phi) is 9.43. The monoisotopic (exact) mass is 696 g/mol. The van der Waals surface area contributed by atoms with Crippen LogP contribution in [0.1, 0.15) is 37.5 Å². The minimum atomic E-state index is 0.128. The average molecular weight is 697 g/mol. The summed E-state index contributed by atoms with van der Waals surface area (Å²) in [5.74, 6) is 2.77. The number of anilines is 2. The minimum absolute atomic E-state index is 0.128. The Morgan fingerprint density at radius 1 is 0.736 bits per heavy atom. The van der Waals surface area contributed by atoms with E-state index in [1.54, 1.807) is 36.9 Å². The molecule has 0 saturated carbocycles. The van der Waals surface area contributed by atoms with Crippen LogP contribution in [-0.4, -0.2) is 52.3 Å². The van der Waals surface area contributed by atoms with Gasteiger partial charge in [0, 0.05) is 50.3 Å². The van der Waals surface area contributed by atoms with E-state index in [1.807, 2.05) is 82.7 Å². The molecule has 0 spiro atoms. The van der Waals surface area contributed by atoms with Crippen molar-refractivity contribution in [1.82, 2.24) is 38.7 Å². The van der Waals surface area contributed by atoms with Gasteiger partial charge in [0.05, 0.1) is 22.8 Å². The molecule has 8 rings (SSSR count). The normalized spacial score (nSPS) is 11.1. The molecule has 0 radical (unpaired) electrons. The molecule has 53 heavy (non-hydrogen) atoms. The van der Waals surface area contributed by atoms with Gasteiger partial charge in [-0.05, 0) is 53.4 Å². The predicted molar refractivity (Wildman–Crippen MR) is 206 cm³/mol. The molecule has 1 N–H and O–H groups in total. The number of nitriles is 2. The largest absolute Gasteiger partial charge is 0.369 e. The lowest BCUT2D eigenvalue weighted by Gasteiger charge is -2.20. The first-order valence-corrected chi connectivity index (χ1v) is 17.0. The number of nitrogens with one attached hydrogen (secondary N) is 1. The van der Waals surface area contributed by atoms with Crippen LogP contribution in [0.5, 0.6) is 0 Å². The van der Waals surface area contributed by atoms with Crippen LogP contribution < -0.4 is 10.2 Å². The number of imidazole rings is 2. The van der Waals surface area contributed by atoms with E-state index < -0.39 is 0 Å². The molecule has 6 heterocycles. The molecule has 0 aliphatic rings. The molecule has 0 aliphatic heterocycles. The average Bonchev–Trinajstić information content (AvgIpc) is 3.81. The molecule has 0 fully saturated rings. The van der Waals surface area contributed by atoms with Gasteiger partial charge in [0.25, 0.3) is 0 Å². The highest BCUT2D eigenvalue weighted by atomic mass is 15.2. The van der Waals surface area contributed by atoms with Gasteiger partial charge in [0.2, 0.25) is 0 Å². The molecular weight excluding hydrogens is 661 g/mol. The van der Waals surface area contributed by atoms with Crippen LogP contribution >= 0.6 is 0 Å². The first-order valence-electron chi connectivity index (χ1n) is 17.0. The quantitative estimate of drug-likeness (QED) is 0.177. The minimum Gasteiger partial charge on any atom is -0.369 e. The number of benzene rings is 2. The molecule has 0 unspecified atom stereocenters. The summed E-state index contributed by atoms with van der Waals surface area (Å²) in [5, 5.41) is 22.7. The Morgan fingerprint density at radius 3 is 2.25 bits per heavy atom. The number of aromatic nitrogens is 8. The lowest BCUT2D eigenvalue weighted by Crippen LogP contribution is -2.20. The Morgan fingerprint density at radius 2 is 1.47 bits per heavy atom. The van der Waals surface area contributed by atoms with E-state index in [0.29, 0.717) is 28.5 Å². The number of para-hydroxylation sites is 1. The molecule has 0 bridgehead atoms. The predicted octanol–water partition coefficient (Wildman–Crippen LogP) is 7.57. The number of rotatable bonds is 7. The number of pyridine rings is 2. The van der Waals surface area contributed by atoms with Crippen LogP contribution in [-0.2, 0) is 6.54 Å².